The van der Waals surface area contributed by atoms with Crippen molar-refractivity contribution in [2.24, 2.45) is 0 Å². The first-order valence-corrected chi connectivity index (χ1v) is 7.23. The highest BCUT2D eigenvalue weighted by Crippen LogP contribution is 2.15. The molecule has 0 aliphatic carbocycles. The topological polar surface area (TPSA) is 39.3 Å². The fourth-order valence-corrected chi connectivity index (χ4v) is 2.82. The zero-order valence-electron chi connectivity index (χ0n) is 12.2. The summed E-state index contributed by atoms with van der Waals surface area (Å²) in [4.78, 5) is 16.9. The van der Waals surface area contributed by atoms with Crippen LogP contribution in [0.3, 0.4) is 0 Å². The number of fused-ring (bicyclic) bond motifs is 3. The molecule has 0 saturated carbocycles. The molecule has 4 aromatic rings. The maximum atomic E-state index is 12.8. The Labute approximate surface area is 127 Å². The second-order valence-corrected chi connectivity index (χ2v) is 5.51. The van der Waals surface area contributed by atoms with E-state index in [9.17, 15) is 4.79 Å². The van der Waals surface area contributed by atoms with Crippen LogP contribution in [0.4, 0.5) is 0 Å². The van der Waals surface area contributed by atoms with E-state index in [4.69, 9.17) is 0 Å². The molecule has 0 amide bonds. The molecule has 4 rings (SSSR count). The van der Waals surface area contributed by atoms with Gasteiger partial charge in [-0.25, -0.2) is 4.98 Å². The third kappa shape index (κ3) is 1.92. The van der Waals surface area contributed by atoms with E-state index in [2.05, 4.69) is 36.2 Å². The zero-order valence-corrected chi connectivity index (χ0v) is 12.2. The van der Waals surface area contributed by atoms with Gasteiger partial charge < -0.3 is 4.57 Å². The fraction of sp³-hybridized carbons (Fsp3) is 0.111. The van der Waals surface area contributed by atoms with Crippen molar-refractivity contribution in [3.8, 4) is 0 Å². The fourth-order valence-electron chi connectivity index (χ4n) is 2.82. The second kappa shape index (κ2) is 4.84. The molecule has 2 aromatic heterocycles. The van der Waals surface area contributed by atoms with Gasteiger partial charge >= 0.3 is 0 Å². The van der Waals surface area contributed by atoms with Gasteiger partial charge in [0.05, 0.1) is 30.1 Å². The summed E-state index contributed by atoms with van der Waals surface area (Å²) in [6, 6.07) is 16.2. The number of aromatic nitrogens is 3. The van der Waals surface area contributed by atoms with Gasteiger partial charge in [-0.2, -0.15) is 0 Å². The lowest BCUT2D eigenvalue weighted by Crippen LogP contribution is -2.23. The van der Waals surface area contributed by atoms with Crippen molar-refractivity contribution < 1.29 is 0 Å². The Morgan fingerprint density at radius 3 is 2.45 bits per heavy atom. The number of imidazole rings is 1. The third-order valence-corrected chi connectivity index (χ3v) is 4.00. The van der Waals surface area contributed by atoms with Gasteiger partial charge in [-0.15, -0.1) is 0 Å². The van der Waals surface area contributed by atoms with Crippen LogP contribution >= 0.6 is 0 Å². The molecule has 0 atom stereocenters. The van der Waals surface area contributed by atoms with Gasteiger partial charge in [0.2, 0.25) is 0 Å². The van der Waals surface area contributed by atoms with Gasteiger partial charge in [-0.3, -0.25) is 9.20 Å². The lowest BCUT2D eigenvalue weighted by atomic mass is 10.1. The summed E-state index contributed by atoms with van der Waals surface area (Å²) in [5.41, 5.74) is 4.82. The van der Waals surface area contributed by atoms with Crippen LogP contribution in [0.5, 0.6) is 0 Å². The van der Waals surface area contributed by atoms with Crippen LogP contribution < -0.4 is 5.56 Å². The number of hydrogen-bond donors (Lipinski definition) is 0. The predicted octanol–water partition coefficient (Wildman–Crippen LogP) is 3.01. The molecule has 2 aromatic carbocycles. The highest BCUT2D eigenvalue weighted by Gasteiger charge is 2.10. The van der Waals surface area contributed by atoms with Crippen LogP contribution in [-0.4, -0.2) is 14.0 Å². The van der Waals surface area contributed by atoms with Crippen LogP contribution in [0, 0.1) is 6.92 Å². The van der Waals surface area contributed by atoms with Gasteiger partial charge in [0.1, 0.15) is 5.52 Å². The predicted molar refractivity (Wildman–Crippen MR) is 87.2 cm³/mol. The average molecular weight is 289 g/mol. The summed E-state index contributed by atoms with van der Waals surface area (Å²) < 4.78 is 3.67. The summed E-state index contributed by atoms with van der Waals surface area (Å²) in [5, 5.41) is 0. The van der Waals surface area contributed by atoms with E-state index in [0.29, 0.717) is 12.1 Å². The van der Waals surface area contributed by atoms with Crippen molar-refractivity contribution in [1.82, 2.24) is 14.0 Å². The maximum absolute atomic E-state index is 12.8. The Morgan fingerprint density at radius 1 is 0.955 bits per heavy atom. The molecule has 0 fully saturated rings. The molecule has 4 nitrogen and oxygen atoms in total. The van der Waals surface area contributed by atoms with Gasteiger partial charge in [0.15, 0.2) is 0 Å². The van der Waals surface area contributed by atoms with E-state index in [0.717, 1.165) is 16.6 Å². The van der Waals surface area contributed by atoms with Crippen molar-refractivity contribution in [2.45, 2.75) is 13.5 Å². The lowest BCUT2D eigenvalue weighted by Gasteiger charge is -2.12. The highest BCUT2D eigenvalue weighted by atomic mass is 16.1. The Morgan fingerprint density at radius 2 is 1.68 bits per heavy atom. The quantitative estimate of drug-likeness (QED) is 0.569. The van der Waals surface area contributed by atoms with E-state index in [1.807, 2.05) is 33.2 Å². The lowest BCUT2D eigenvalue weighted by molar-refractivity contribution is 0.793. The van der Waals surface area contributed by atoms with Crippen molar-refractivity contribution >= 4 is 16.6 Å². The minimum atomic E-state index is -0.0169. The molecule has 0 spiro atoms. The van der Waals surface area contributed by atoms with Gasteiger partial charge in [0, 0.05) is 0 Å². The molecular formula is C18H15N3O. The van der Waals surface area contributed by atoms with E-state index in [1.165, 1.54) is 5.56 Å². The molecule has 0 saturated heterocycles. The number of para-hydroxylation sites is 2. The maximum Gasteiger partial charge on any atom is 0.277 e. The van der Waals surface area contributed by atoms with E-state index >= 15 is 0 Å². The number of rotatable bonds is 2. The minimum Gasteiger partial charge on any atom is -0.301 e. The van der Waals surface area contributed by atoms with Gasteiger partial charge in [0.25, 0.3) is 5.56 Å². The molecule has 0 aliphatic heterocycles. The van der Waals surface area contributed by atoms with Crippen molar-refractivity contribution in [2.75, 3.05) is 0 Å². The summed E-state index contributed by atoms with van der Waals surface area (Å²) in [6.07, 6.45) is 3.32. The molecule has 108 valence electrons. The van der Waals surface area contributed by atoms with Crippen LogP contribution in [0.2, 0.25) is 0 Å². The van der Waals surface area contributed by atoms with E-state index in [-0.39, 0.29) is 5.56 Å². The Hall–Kier alpha value is -2.88. The summed E-state index contributed by atoms with van der Waals surface area (Å²) in [5.74, 6) is 0. The van der Waals surface area contributed by atoms with Crippen LogP contribution in [-0.2, 0) is 6.54 Å². The monoisotopic (exact) mass is 289 g/mol. The minimum absolute atomic E-state index is 0.0169. The summed E-state index contributed by atoms with van der Waals surface area (Å²) in [7, 11) is 0. The smallest absolute Gasteiger partial charge is 0.277 e. The molecule has 22 heavy (non-hydrogen) atoms. The molecule has 0 aliphatic rings. The van der Waals surface area contributed by atoms with Crippen LogP contribution in [0.15, 0.2) is 65.8 Å². The largest absolute Gasteiger partial charge is 0.301 e. The molecule has 0 bridgehead atoms. The van der Waals surface area contributed by atoms with Crippen LogP contribution in [0.1, 0.15) is 11.1 Å². The molecule has 4 heteroatoms. The number of nitrogens with zero attached hydrogens (tertiary/aromatic N) is 3. The Kier molecular flexibility index (Phi) is 2.82. The first kappa shape index (κ1) is 12.8. The van der Waals surface area contributed by atoms with Gasteiger partial charge in [-0.1, -0.05) is 42.0 Å². The number of benzene rings is 2. The SMILES string of the molecule is Cc1ccc(Cn2c(=O)c3cncn3c3ccccc32)cc1. The highest BCUT2D eigenvalue weighted by molar-refractivity contribution is 5.78. The first-order chi connectivity index (χ1) is 10.7. The normalized spacial score (nSPS) is 11.3. The molecule has 2 heterocycles. The van der Waals surface area contributed by atoms with E-state index < -0.39 is 0 Å². The zero-order chi connectivity index (χ0) is 15.1. The standard InChI is InChI=1S/C18H15N3O/c1-13-6-8-14(9-7-13)11-20-15-4-2-3-5-16(15)21-12-19-10-17(21)18(20)22/h2-10,12H,11H2,1H3. The summed E-state index contributed by atoms with van der Waals surface area (Å²) in [6.45, 7) is 2.62. The van der Waals surface area contributed by atoms with Crippen LogP contribution in [0.25, 0.3) is 16.6 Å². The first-order valence-electron chi connectivity index (χ1n) is 7.23. The van der Waals surface area contributed by atoms with Crippen molar-refractivity contribution in [3.63, 3.8) is 0 Å². The molecule has 0 unspecified atom stereocenters. The number of hydrogen-bond acceptors (Lipinski definition) is 2. The van der Waals surface area contributed by atoms with E-state index in [1.54, 1.807) is 12.5 Å². The van der Waals surface area contributed by atoms with Crippen molar-refractivity contribution in [1.29, 1.82) is 0 Å². The van der Waals surface area contributed by atoms with Crippen molar-refractivity contribution in [3.05, 3.63) is 82.5 Å². The Bertz CT molecular complexity index is 1030. The van der Waals surface area contributed by atoms with Gasteiger partial charge in [-0.05, 0) is 24.6 Å². The molecule has 0 radical (unpaired) electrons. The molecular weight excluding hydrogens is 274 g/mol. The second-order valence-electron chi connectivity index (χ2n) is 5.51. The average Bonchev–Trinajstić information content (AvgIpc) is 3.03. The number of aryl methyl sites for hydroxylation is 1. The Balaban J connectivity index is 2.00. The summed E-state index contributed by atoms with van der Waals surface area (Å²) >= 11 is 0. The third-order valence-electron chi connectivity index (χ3n) is 4.00. The molecule has 0 N–H and O–H groups in total.